The van der Waals surface area contributed by atoms with Crippen LogP contribution < -0.4 is 10.4 Å². The molecule has 0 aliphatic carbocycles. The fourth-order valence-electron chi connectivity index (χ4n) is 2.00. The molecule has 1 heterocycles. The summed E-state index contributed by atoms with van der Waals surface area (Å²) in [6.07, 6.45) is 1.74. The fraction of sp³-hybridized carbons (Fsp3) is 0.267. The van der Waals surface area contributed by atoms with Crippen molar-refractivity contribution in [3.63, 3.8) is 0 Å². The fourth-order valence-corrected chi connectivity index (χ4v) is 2.00. The van der Waals surface area contributed by atoms with Crippen molar-refractivity contribution in [2.24, 2.45) is 5.84 Å². The van der Waals surface area contributed by atoms with E-state index in [9.17, 15) is 4.39 Å². The molecular weight excluding hydrogens is 241 g/mol. The van der Waals surface area contributed by atoms with Gasteiger partial charge >= 0.3 is 5.95 Å². The predicted molar refractivity (Wildman–Crippen MR) is 72.1 cm³/mol. The van der Waals surface area contributed by atoms with Gasteiger partial charge in [-0.25, -0.2) is 4.59 Å². The third-order valence-electron chi connectivity index (χ3n) is 2.85. The highest BCUT2D eigenvalue weighted by molar-refractivity contribution is 5.21. The molecule has 4 heteroatoms. The second-order valence-corrected chi connectivity index (χ2v) is 5.40. The number of nitrogens with two attached hydrogens (primary N) is 1. The number of aromatic nitrogens is 1. The van der Waals surface area contributed by atoms with Crippen molar-refractivity contribution >= 4 is 0 Å². The molecule has 0 radical (unpaired) electrons. The average Bonchev–Trinajstić information content (AvgIpc) is 2.33. The lowest BCUT2D eigenvalue weighted by Crippen LogP contribution is -2.45. The summed E-state index contributed by atoms with van der Waals surface area (Å²) >= 11 is 0. The summed E-state index contributed by atoms with van der Waals surface area (Å²) in [4.78, 5) is 0. The SMILES string of the molecule is C[N+](C)(N)Cc1ccc(C[n+]2ccccc2F)cc1. The molecule has 0 amide bonds. The molecule has 3 nitrogen and oxygen atoms in total. The maximum atomic E-state index is 13.5. The standard InChI is InChI=1S/C15H20FN3/c1-19(2,17)12-14-8-6-13(7-9-14)11-18-10-4-3-5-15(18)16/h3-10H,11-12,17H2,1-2H3/q+2. The first-order valence-electron chi connectivity index (χ1n) is 6.27. The van der Waals surface area contributed by atoms with Gasteiger partial charge in [-0.2, -0.15) is 10.4 Å². The quantitative estimate of drug-likeness (QED) is 0.293. The Morgan fingerprint density at radius 1 is 1.05 bits per heavy atom. The van der Waals surface area contributed by atoms with Gasteiger partial charge in [0.1, 0.15) is 6.54 Å². The number of rotatable bonds is 4. The van der Waals surface area contributed by atoms with Gasteiger partial charge in [0, 0.05) is 23.3 Å². The first-order chi connectivity index (χ1) is 8.94. The van der Waals surface area contributed by atoms with Gasteiger partial charge in [-0.3, -0.25) is 0 Å². The Morgan fingerprint density at radius 2 is 1.68 bits per heavy atom. The van der Waals surface area contributed by atoms with Crippen LogP contribution in [0.15, 0.2) is 48.7 Å². The lowest BCUT2D eigenvalue weighted by Gasteiger charge is -2.22. The molecule has 0 fully saturated rings. The van der Waals surface area contributed by atoms with Crippen LogP contribution in [0.25, 0.3) is 0 Å². The van der Waals surface area contributed by atoms with Gasteiger partial charge in [-0.05, 0) is 6.07 Å². The molecule has 19 heavy (non-hydrogen) atoms. The second kappa shape index (κ2) is 5.47. The van der Waals surface area contributed by atoms with Gasteiger partial charge in [0.2, 0.25) is 0 Å². The number of hydrogen-bond acceptors (Lipinski definition) is 1. The van der Waals surface area contributed by atoms with Crippen molar-refractivity contribution in [1.82, 2.24) is 0 Å². The molecule has 1 aromatic heterocycles. The van der Waals surface area contributed by atoms with E-state index in [1.54, 1.807) is 16.8 Å². The minimum Gasteiger partial charge on any atom is -0.249 e. The van der Waals surface area contributed by atoms with Crippen LogP contribution in [0.5, 0.6) is 0 Å². The highest BCUT2D eigenvalue weighted by Gasteiger charge is 2.11. The minimum atomic E-state index is -0.230. The first kappa shape index (κ1) is 13.6. The van der Waals surface area contributed by atoms with Gasteiger partial charge in [0.15, 0.2) is 12.7 Å². The summed E-state index contributed by atoms with van der Waals surface area (Å²) in [7, 11) is 3.90. The van der Waals surface area contributed by atoms with E-state index in [1.807, 2.05) is 44.4 Å². The molecule has 0 spiro atoms. The molecule has 2 N–H and O–H groups in total. The molecule has 0 aliphatic heterocycles. The molecular formula is C15H20FN3+2. The zero-order chi connectivity index (χ0) is 13.9. The predicted octanol–water partition coefficient (Wildman–Crippen LogP) is 1.61. The van der Waals surface area contributed by atoms with Gasteiger partial charge in [0.25, 0.3) is 0 Å². The third-order valence-corrected chi connectivity index (χ3v) is 2.85. The Morgan fingerprint density at radius 3 is 2.26 bits per heavy atom. The maximum absolute atomic E-state index is 13.5. The summed E-state index contributed by atoms with van der Waals surface area (Å²) in [5.41, 5.74) is 2.25. The van der Waals surface area contributed by atoms with E-state index in [-0.39, 0.29) is 5.95 Å². The zero-order valence-corrected chi connectivity index (χ0v) is 11.4. The van der Waals surface area contributed by atoms with Crippen LogP contribution in [-0.2, 0) is 13.1 Å². The Hall–Kier alpha value is -1.78. The topological polar surface area (TPSA) is 29.9 Å². The minimum absolute atomic E-state index is 0.230. The van der Waals surface area contributed by atoms with Crippen molar-refractivity contribution in [3.05, 3.63) is 65.7 Å². The molecule has 1 aromatic carbocycles. The van der Waals surface area contributed by atoms with E-state index < -0.39 is 0 Å². The molecule has 0 bridgehead atoms. The summed E-state index contributed by atoms with van der Waals surface area (Å²) in [5.74, 6) is 5.70. The van der Waals surface area contributed by atoms with Crippen molar-refractivity contribution in [2.75, 3.05) is 14.1 Å². The highest BCUT2D eigenvalue weighted by Crippen LogP contribution is 2.08. The van der Waals surface area contributed by atoms with Crippen molar-refractivity contribution in [1.29, 1.82) is 0 Å². The molecule has 100 valence electrons. The van der Waals surface area contributed by atoms with Crippen LogP contribution in [0.4, 0.5) is 4.39 Å². The van der Waals surface area contributed by atoms with Gasteiger partial charge in [0.05, 0.1) is 14.1 Å². The Labute approximate surface area is 113 Å². The van der Waals surface area contributed by atoms with E-state index >= 15 is 0 Å². The van der Waals surface area contributed by atoms with E-state index in [4.69, 9.17) is 5.84 Å². The Balaban J connectivity index is 2.09. The summed E-state index contributed by atoms with van der Waals surface area (Å²) in [5, 5.41) is 0. The van der Waals surface area contributed by atoms with Crippen LogP contribution in [0, 0.1) is 5.95 Å². The molecule has 2 aromatic rings. The molecule has 0 atom stereocenters. The summed E-state index contributed by atoms with van der Waals surface area (Å²) in [6.45, 7) is 1.31. The largest absolute Gasteiger partial charge is 0.359 e. The summed E-state index contributed by atoms with van der Waals surface area (Å²) in [6, 6.07) is 13.1. The lowest BCUT2D eigenvalue weighted by molar-refractivity contribution is -0.915. The maximum Gasteiger partial charge on any atom is 0.359 e. The zero-order valence-electron chi connectivity index (χ0n) is 11.4. The van der Waals surface area contributed by atoms with Crippen LogP contribution in [0.2, 0.25) is 0 Å². The molecule has 0 saturated heterocycles. The number of halogens is 1. The number of quaternary nitrogens is 1. The number of benzene rings is 1. The van der Waals surface area contributed by atoms with Crippen molar-refractivity contribution in [3.8, 4) is 0 Å². The smallest absolute Gasteiger partial charge is 0.249 e. The monoisotopic (exact) mass is 261 g/mol. The van der Waals surface area contributed by atoms with Crippen LogP contribution in [0.3, 0.4) is 0 Å². The Kier molecular flexibility index (Phi) is 3.93. The Bertz CT molecular complexity index is 544. The van der Waals surface area contributed by atoms with Crippen molar-refractivity contribution in [2.45, 2.75) is 13.1 Å². The highest BCUT2D eigenvalue weighted by atomic mass is 19.1. The lowest BCUT2D eigenvalue weighted by atomic mass is 10.1. The normalized spacial score (nSPS) is 11.6. The molecule has 2 rings (SSSR count). The summed E-state index contributed by atoms with van der Waals surface area (Å²) < 4.78 is 15.5. The van der Waals surface area contributed by atoms with Crippen LogP contribution >= 0.6 is 0 Å². The van der Waals surface area contributed by atoms with E-state index in [0.717, 1.165) is 12.1 Å². The number of hydrogen-bond donors (Lipinski definition) is 1. The second-order valence-electron chi connectivity index (χ2n) is 5.40. The average molecular weight is 261 g/mol. The van der Waals surface area contributed by atoms with E-state index in [2.05, 4.69) is 0 Å². The van der Waals surface area contributed by atoms with E-state index in [0.29, 0.717) is 11.1 Å². The van der Waals surface area contributed by atoms with Gasteiger partial charge in [-0.1, -0.05) is 24.3 Å². The third kappa shape index (κ3) is 4.12. The van der Waals surface area contributed by atoms with Gasteiger partial charge in [-0.15, -0.1) is 4.39 Å². The number of pyridine rings is 1. The van der Waals surface area contributed by atoms with Gasteiger partial charge < -0.3 is 0 Å². The molecule has 0 saturated carbocycles. The van der Waals surface area contributed by atoms with Crippen LogP contribution in [-0.4, -0.2) is 18.7 Å². The molecule has 0 unspecified atom stereocenters. The van der Waals surface area contributed by atoms with Crippen molar-refractivity contribution < 1.29 is 13.5 Å². The molecule has 0 aliphatic rings. The number of nitrogens with zero attached hydrogens (tertiary/aromatic N) is 2. The first-order valence-corrected chi connectivity index (χ1v) is 6.27. The van der Waals surface area contributed by atoms with E-state index in [1.165, 1.54) is 11.6 Å². The van der Waals surface area contributed by atoms with Crippen LogP contribution in [0.1, 0.15) is 11.1 Å².